The molecule has 6 heteroatoms. The van der Waals surface area contributed by atoms with E-state index in [1.165, 1.54) is 31.3 Å². The number of aromatic nitrogens is 4. The zero-order valence-electron chi connectivity index (χ0n) is 36.5. The van der Waals surface area contributed by atoms with Gasteiger partial charge in [-0.05, 0) is 80.9 Å². The first-order valence-electron chi connectivity index (χ1n) is 22.7. The fourth-order valence-electron chi connectivity index (χ4n) is 9.40. The largest absolute Gasteiger partial charge is 0.227 e. The molecule has 0 bridgehead atoms. The van der Waals surface area contributed by atoms with Crippen LogP contribution in [0.2, 0.25) is 0 Å². The number of hydrogen-bond acceptors (Lipinski definition) is 6. The lowest BCUT2D eigenvalue weighted by atomic mass is 9.96. The predicted molar refractivity (Wildman–Crippen MR) is 287 cm³/mol. The first kappa shape index (κ1) is 39.9. The molecule has 0 saturated heterocycles. The van der Waals surface area contributed by atoms with Gasteiger partial charge < -0.3 is 0 Å². The topological polar surface area (TPSA) is 51.6 Å². The highest BCUT2D eigenvalue weighted by molar-refractivity contribution is 7.26. The Labute approximate surface area is 401 Å². The predicted octanol–water partition coefficient (Wildman–Crippen LogP) is 17.3. The normalized spacial score (nSPS) is 11.5. The van der Waals surface area contributed by atoms with E-state index in [1.807, 2.05) is 6.07 Å². The summed E-state index contributed by atoms with van der Waals surface area (Å²) in [7, 11) is 0. The van der Waals surface area contributed by atoms with Crippen molar-refractivity contribution in [3.8, 4) is 89.8 Å². The average molecular weight is 903 g/mol. The van der Waals surface area contributed by atoms with Gasteiger partial charge in [0.2, 0.25) is 0 Å². The molecule has 68 heavy (non-hydrogen) atoms. The molecule has 4 aromatic heterocycles. The van der Waals surface area contributed by atoms with Gasteiger partial charge in [-0.2, -0.15) is 0 Å². The van der Waals surface area contributed by atoms with Crippen LogP contribution in [-0.4, -0.2) is 19.9 Å². The van der Waals surface area contributed by atoms with Gasteiger partial charge in [0.15, 0.2) is 11.6 Å². The Balaban J connectivity index is 0.858. The summed E-state index contributed by atoms with van der Waals surface area (Å²) >= 11 is 3.44. The van der Waals surface area contributed by atoms with Crippen LogP contribution in [0.5, 0.6) is 0 Å². The maximum atomic E-state index is 5.39. The van der Waals surface area contributed by atoms with Crippen LogP contribution in [0.1, 0.15) is 0 Å². The number of nitrogens with zero attached hydrogens (tertiary/aromatic N) is 4. The van der Waals surface area contributed by atoms with Crippen molar-refractivity contribution in [1.82, 2.24) is 19.9 Å². The molecule has 0 aliphatic carbocycles. The van der Waals surface area contributed by atoms with Crippen LogP contribution in [0.25, 0.3) is 130 Å². The molecule has 0 aliphatic rings. The maximum absolute atomic E-state index is 5.39. The molecule has 13 aromatic rings. The zero-order valence-corrected chi connectivity index (χ0v) is 38.2. The van der Waals surface area contributed by atoms with E-state index < -0.39 is 0 Å². The van der Waals surface area contributed by atoms with E-state index in [1.54, 1.807) is 22.7 Å². The van der Waals surface area contributed by atoms with Crippen LogP contribution in [0.15, 0.2) is 231 Å². The van der Waals surface area contributed by atoms with Crippen molar-refractivity contribution < 1.29 is 0 Å². The average Bonchev–Trinajstić information content (AvgIpc) is 4.00. The fraction of sp³-hybridized carbons (Fsp3) is 0. The maximum Gasteiger partial charge on any atom is 0.161 e. The molecular formula is C62H38N4S2. The molecule has 0 unspecified atom stereocenters. The van der Waals surface area contributed by atoms with E-state index >= 15 is 0 Å². The first-order chi connectivity index (χ1) is 33.7. The van der Waals surface area contributed by atoms with Crippen molar-refractivity contribution in [2.24, 2.45) is 0 Å². The molecule has 13 rings (SSSR count). The molecule has 0 saturated carbocycles. The minimum Gasteiger partial charge on any atom is -0.227 e. The quantitative estimate of drug-likeness (QED) is 0.152. The van der Waals surface area contributed by atoms with E-state index in [9.17, 15) is 0 Å². The Hall–Kier alpha value is -8.42. The zero-order chi connectivity index (χ0) is 45.0. The van der Waals surface area contributed by atoms with E-state index in [2.05, 4.69) is 224 Å². The molecule has 0 aliphatic heterocycles. The van der Waals surface area contributed by atoms with Crippen LogP contribution < -0.4 is 0 Å². The molecule has 9 aromatic carbocycles. The van der Waals surface area contributed by atoms with Gasteiger partial charge in [0.25, 0.3) is 0 Å². The Morgan fingerprint density at radius 2 is 0.559 bits per heavy atom. The van der Waals surface area contributed by atoms with Gasteiger partial charge in [-0.15, -0.1) is 22.7 Å². The molecule has 4 nitrogen and oxygen atoms in total. The number of hydrogen-bond donors (Lipinski definition) is 0. The Morgan fingerprint density at radius 3 is 1.04 bits per heavy atom. The lowest BCUT2D eigenvalue weighted by Gasteiger charge is -2.11. The van der Waals surface area contributed by atoms with Gasteiger partial charge in [0.1, 0.15) is 9.66 Å². The van der Waals surface area contributed by atoms with E-state index in [-0.39, 0.29) is 0 Å². The van der Waals surface area contributed by atoms with Gasteiger partial charge in [-0.25, -0.2) is 19.9 Å². The molecule has 318 valence electrons. The number of benzene rings is 9. The van der Waals surface area contributed by atoms with Crippen molar-refractivity contribution in [1.29, 1.82) is 0 Å². The van der Waals surface area contributed by atoms with E-state index in [0.717, 1.165) is 93.3 Å². The van der Waals surface area contributed by atoms with Crippen LogP contribution in [0.3, 0.4) is 0 Å². The van der Waals surface area contributed by atoms with Crippen LogP contribution in [0.4, 0.5) is 0 Å². The molecule has 0 spiro atoms. The van der Waals surface area contributed by atoms with Crippen LogP contribution in [-0.2, 0) is 0 Å². The highest BCUT2D eigenvalue weighted by Crippen LogP contribution is 2.43. The smallest absolute Gasteiger partial charge is 0.161 e. The second-order valence-electron chi connectivity index (χ2n) is 17.0. The second-order valence-corrected chi connectivity index (χ2v) is 19.0. The molecule has 0 N–H and O–H groups in total. The summed E-state index contributed by atoms with van der Waals surface area (Å²) in [5, 5.41) is 4.54. The van der Waals surface area contributed by atoms with Crippen molar-refractivity contribution in [2.45, 2.75) is 0 Å². The summed E-state index contributed by atoms with van der Waals surface area (Å²) in [5.41, 5.74) is 15.1. The number of rotatable bonds is 8. The first-order valence-corrected chi connectivity index (χ1v) is 24.3. The molecule has 0 atom stereocenters. The summed E-state index contributed by atoms with van der Waals surface area (Å²) < 4.78 is 2.40. The summed E-state index contributed by atoms with van der Waals surface area (Å²) in [6.45, 7) is 0. The molecule has 0 amide bonds. The summed E-state index contributed by atoms with van der Waals surface area (Å²) in [5.74, 6) is 1.43. The fourth-order valence-corrected chi connectivity index (χ4v) is 11.6. The van der Waals surface area contributed by atoms with Gasteiger partial charge in [0.05, 0.1) is 11.4 Å². The molecular weight excluding hydrogens is 865 g/mol. The van der Waals surface area contributed by atoms with E-state index in [4.69, 9.17) is 19.9 Å². The van der Waals surface area contributed by atoms with Gasteiger partial charge in [-0.3, -0.25) is 0 Å². The highest BCUT2D eigenvalue weighted by atomic mass is 32.1. The monoisotopic (exact) mass is 902 g/mol. The highest BCUT2D eigenvalue weighted by Gasteiger charge is 2.20. The van der Waals surface area contributed by atoms with Gasteiger partial charge in [-0.1, -0.05) is 194 Å². The Bertz CT molecular complexity index is 4030. The lowest BCUT2D eigenvalue weighted by Crippen LogP contribution is -1.94. The van der Waals surface area contributed by atoms with Gasteiger partial charge >= 0.3 is 0 Å². The van der Waals surface area contributed by atoms with Crippen molar-refractivity contribution >= 4 is 63.3 Å². The molecule has 4 heterocycles. The minimum atomic E-state index is 0.710. The third-order valence-corrected chi connectivity index (χ3v) is 14.9. The summed E-state index contributed by atoms with van der Waals surface area (Å²) in [4.78, 5) is 23.1. The standard InChI is InChI=1S/C62H38N4S2/c1-3-15-39(16-4-1)44-20-12-24-48(36-44)58-56-52-28-8-10-30-54(52)68-62(56)66-60(64-58)50-26-14-23-47(38-50)46-22-11-19-43(35-46)41-31-33-42(34-32-41)57-55-51-27-7-9-29-53(51)67-61(55)65-59(63-57)49-25-13-21-45(37-49)40-17-5-2-6-18-40/h1-38H. The van der Waals surface area contributed by atoms with E-state index in [0.29, 0.717) is 5.82 Å². The number of fused-ring (bicyclic) bond motifs is 6. The lowest BCUT2D eigenvalue weighted by molar-refractivity contribution is 1.24. The van der Waals surface area contributed by atoms with Crippen LogP contribution >= 0.6 is 22.7 Å². The summed E-state index contributed by atoms with van der Waals surface area (Å²) in [6, 6.07) is 81.6. The molecule has 0 fully saturated rings. The Kier molecular flexibility index (Phi) is 9.85. The van der Waals surface area contributed by atoms with Crippen molar-refractivity contribution in [3.05, 3.63) is 231 Å². The van der Waals surface area contributed by atoms with Gasteiger partial charge in [0, 0.05) is 53.2 Å². The van der Waals surface area contributed by atoms with Crippen molar-refractivity contribution in [3.63, 3.8) is 0 Å². The SMILES string of the molecule is c1ccc(-c2cccc(-c3nc(-c4ccc(-c5cccc(-c6cccc(-c7nc(-c8cccc(-c9ccccc9)c8)c8c(n7)sc7ccccc78)c6)c5)cc4)c4c(n3)sc3ccccc34)c2)cc1. The number of thiophene rings is 2. The Morgan fingerprint density at radius 1 is 0.235 bits per heavy atom. The second kappa shape index (κ2) is 16.8. The summed E-state index contributed by atoms with van der Waals surface area (Å²) in [6.07, 6.45) is 0. The third-order valence-electron chi connectivity index (χ3n) is 12.8. The minimum absolute atomic E-state index is 0.710. The third kappa shape index (κ3) is 7.24. The van der Waals surface area contributed by atoms with Crippen molar-refractivity contribution in [2.75, 3.05) is 0 Å². The molecule has 0 radical (unpaired) electrons. The van der Waals surface area contributed by atoms with Crippen LogP contribution in [0, 0.1) is 0 Å².